The molecule has 0 amide bonds. The highest BCUT2D eigenvalue weighted by molar-refractivity contribution is 5.83. The zero-order valence-corrected chi connectivity index (χ0v) is 6.92. The molecule has 1 aliphatic rings. The second-order valence-electron chi connectivity index (χ2n) is 3.11. The maximum absolute atomic E-state index is 11.3. The van der Waals surface area contributed by atoms with E-state index >= 15 is 0 Å². The van der Waals surface area contributed by atoms with Crippen LogP contribution in [-0.2, 0) is 4.79 Å². The van der Waals surface area contributed by atoms with Crippen molar-refractivity contribution in [3.63, 3.8) is 0 Å². The average Bonchev–Trinajstić information content (AvgIpc) is 2.36. The molecule has 1 rings (SSSR count). The highest BCUT2D eigenvalue weighted by Gasteiger charge is 2.21. The average molecular weight is 153 g/mol. The van der Waals surface area contributed by atoms with Gasteiger partial charge in [-0.1, -0.05) is 19.1 Å². The van der Waals surface area contributed by atoms with E-state index in [1.807, 2.05) is 19.1 Å². The summed E-state index contributed by atoms with van der Waals surface area (Å²) in [6.07, 6.45) is 6.33. The van der Waals surface area contributed by atoms with Crippen molar-refractivity contribution in [1.82, 2.24) is 0 Å². The van der Waals surface area contributed by atoms with Crippen molar-refractivity contribution >= 4 is 5.78 Å². The zero-order valence-electron chi connectivity index (χ0n) is 6.92. The molecule has 0 heterocycles. The fourth-order valence-corrected chi connectivity index (χ4v) is 1.40. The quantitative estimate of drug-likeness (QED) is 0.620. The van der Waals surface area contributed by atoms with E-state index in [2.05, 4.69) is 0 Å². The molecule has 0 aromatic rings. The topological polar surface area (TPSA) is 43.1 Å². The fourth-order valence-electron chi connectivity index (χ4n) is 1.40. The van der Waals surface area contributed by atoms with Crippen LogP contribution in [0.15, 0.2) is 12.2 Å². The fraction of sp³-hybridized carbons (Fsp3) is 0.667. The van der Waals surface area contributed by atoms with Gasteiger partial charge in [0.05, 0.1) is 0 Å². The van der Waals surface area contributed by atoms with Crippen LogP contribution in [0.2, 0.25) is 0 Å². The normalized spacial score (nSPS) is 29.3. The minimum Gasteiger partial charge on any atom is -0.324 e. The van der Waals surface area contributed by atoms with Gasteiger partial charge in [0.15, 0.2) is 0 Å². The molecule has 2 nitrogen and oxygen atoms in total. The van der Waals surface area contributed by atoms with Crippen LogP contribution in [0.4, 0.5) is 0 Å². The Kier molecular flexibility index (Phi) is 2.83. The maximum atomic E-state index is 11.3. The lowest BCUT2D eigenvalue weighted by Crippen LogP contribution is -2.18. The summed E-state index contributed by atoms with van der Waals surface area (Å²) >= 11 is 0. The van der Waals surface area contributed by atoms with E-state index in [4.69, 9.17) is 5.73 Å². The molecule has 2 heteroatoms. The van der Waals surface area contributed by atoms with Gasteiger partial charge >= 0.3 is 0 Å². The third-order valence-electron chi connectivity index (χ3n) is 2.03. The predicted molar refractivity (Wildman–Crippen MR) is 45.1 cm³/mol. The summed E-state index contributed by atoms with van der Waals surface area (Å²) in [4.78, 5) is 11.3. The number of rotatable bonds is 3. The SMILES string of the molecule is CCCC(=O)C1C=CC(N)C1. The minimum atomic E-state index is 0.112. The van der Waals surface area contributed by atoms with Crippen LogP contribution in [0.1, 0.15) is 26.2 Å². The summed E-state index contributed by atoms with van der Waals surface area (Å²) in [5.74, 6) is 0.460. The molecular formula is C9H15NO. The summed E-state index contributed by atoms with van der Waals surface area (Å²) in [7, 11) is 0. The monoisotopic (exact) mass is 153 g/mol. The van der Waals surface area contributed by atoms with Gasteiger partial charge in [0.2, 0.25) is 0 Å². The van der Waals surface area contributed by atoms with Gasteiger partial charge in [-0.25, -0.2) is 0 Å². The van der Waals surface area contributed by atoms with E-state index in [0.29, 0.717) is 12.2 Å². The number of ketones is 1. The molecule has 2 unspecified atom stereocenters. The number of nitrogens with two attached hydrogens (primary N) is 1. The summed E-state index contributed by atoms with van der Waals surface area (Å²) in [5.41, 5.74) is 5.62. The van der Waals surface area contributed by atoms with Gasteiger partial charge < -0.3 is 5.73 Å². The molecule has 0 spiro atoms. The van der Waals surface area contributed by atoms with E-state index in [0.717, 1.165) is 12.8 Å². The first kappa shape index (κ1) is 8.47. The molecule has 2 atom stereocenters. The van der Waals surface area contributed by atoms with Gasteiger partial charge in [-0.2, -0.15) is 0 Å². The van der Waals surface area contributed by atoms with Gasteiger partial charge in [-0.3, -0.25) is 4.79 Å². The lowest BCUT2D eigenvalue weighted by atomic mass is 9.99. The summed E-state index contributed by atoms with van der Waals surface area (Å²) in [6.45, 7) is 2.02. The Bertz CT molecular complexity index is 174. The molecule has 0 radical (unpaired) electrons. The van der Waals surface area contributed by atoms with Crippen LogP contribution in [0.5, 0.6) is 0 Å². The van der Waals surface area contributed by atoms with Gasteiger partial charge in [0, 0.05) is 18.4 Å². The standard InChI is InChI=1S/C9H15NO/c1-2-3-9(11)7-4-5-8(10)6-7/h4-5,7-8H,2-3,6,10H2,1H3. The van der Waals surface area contributed by atoms with Crippen molar-refractivity contribution in [3.05, 3.63) is 12.2 Å². The predicted octanol–water partition coefficient (Wildman–Crippen LogP) is 1.26. The smallest absolute Gasteiger partial charge is 0.139 e. The van der Waals surface area contributed by atoms with Crippen molar-refractivity contribution in [1.29, 1.82) is 0 Å². The molecule has 0 saturated carbocycles. The molecule has 0 aromatic heterocycles. The van der Waals surface area contributed by atoms with E-state index in [1.165, 1.54) is 0 Å². The van der Waals surface area contributed by atoms with E-state index in [9.17, 15) is 4.79 Å². The van der Waals surface area contributed by atoms with Gasteiger partial charge in [0.25, 0.3) is 0 Å². The number of carbonyl (C=O) groups excluding carboxylic acids is 1. The van der Waals surface area contributed by atoms with E-state index in [1.54, 1.807) is 0 Å². The second kappa shape index (κ2) is 3.67. The molecule has 0 aromatic carbocycles. The number of hydrogen-bond acceptors (Lipinski definition) is 2. The molecule has 62 valence electrons. The Morgan fingerprint density at radius 1 is 1.64 bits per heavy atom. The maximum Gasteiger partial charge on any atom is 0.139 e. The number of carbonyl (C=O) groups is 1. The molecule has 0 fully saturated rings. The Morgan fingerprint density at radius 3 is 2.82 bits per heavy atom. The molecule has 2 N–H and O–H groups in total. The third-order valence-corrected chi connectivity index (χ3v) is 2.03. The van der Waals surface area contributed by atoms with Crippen LogP contribution in [-0.4, -0.2) is 11.8 Å². The molecule has 11 heavy (non-hydrogen) atoms. The number of Topliss-reactive ketones (excluding diaryl/α,β-unsaturated/α-hetero) is 1. The lowest BCUT2D eigenvalue weighted by molar-refractivity contribution is -0.121. The van der Waals surface area contributed by atoms with E-state index in [-0.39, 0.29) is 12.0 Å². The Hall–Kier alpha value is -0.630. The van der Waals surface area contributed by atoms with Crippen LogP contribution < -0.4 is 5.73 Å². The van der Waals surface area contributed by atoms with Gasteiger partial charge in [-0.15, -0.1) is 0 Å². The Balaban J connectivity index is 2.38. The van der Waals surface area contributed by atoms with Crippen LogP contribution in [0, 0.1) is 5.92 Å². The summed E-state index contributed by atoms with van der Waals surface area (Å²) in [6, 6.07) is 0.112. The minimum absolute atomic E-state index is 0.112. The number of allylic oxidation sites excluding steroid dienone is 1. The van der Waals surface area contributed by atoms with Crippen molar-refractivity contribution < 1.29 is 4.79 Å². The molecule has 0 aliphatic heterocycles. The Morgan fingerprint density at radius 2 is 2.36 bits per heavy atom. The van der Waals surface area contributed by atoms with Gasteiger partial charge in [0.1, 0.15) is 5.78 Å². The summed E-state index contributed by atoms with van der Waals surface area (Å²) in [5, 5.41) is 0. The molecule has 0 bridgehead atoms. The molecular weight excluding hydrogens is 138 g/mol. The highest BCUT2D eigenvalue weighted by atomic mass is 16.1. The van der Waals surface area contributed by atoms with Crippen LogP contribution >= 0.6 is 0 Å². The lowest BCUT2D eigenvalue weighted by Gasteiger charge is -2.06. The highest BCUT2D eigenvalue weighted by Crippen LogP contribution is 2.18. The molecule has 0 saturated heterocycles. The molecule has 1 aliphatic carbocycles. The second-order valence-corrected chi connectivity index (χ2v) is 3.11. The van der Waals surface area contributed by atoms with Crippen molar-refractivity contribution in [2.75, 3.05) is 0 Å². The number of hydrogen-bond donors (Lipinski definition) is 1. The van der Waals surface area contributed by atoms with E-state index < -0.39 is 0 Å². The summed E-state index contributed by atoms with van der Waals surface area (Å²) < 4.78 is 0. The van der Waals surface area contributed by atoms with Crippen LogP contribution in [0.3, 0.4) is 0 Å². The van der Waals surface area contributed by atoms with Crippen molar-refractivity contribution in [2.45, 2.75) is 32.2 Å². The van der Waals surface area contributed by atoms with Crippen LogP contribution in [0.25, 0.3) is 0 Å². The largest absolute Gasteiger partial charge is 0.324 e. The Labute approximate surface area is 67.5 Å². The first-order valence-corrected chi connectivity index (χ1v) is 4.20. The zero-order chi connectivity index (χ0) is 8.27. The van der Waals surface area contributed by atoms with Crippen molar-refractivity contribution in [3.8, 4) is 0 Å². The van der Waals surface area contributed by atoms with Crippen molar-refractivity contribution in [2.24, 2.45) is 11.7 Å². The first-order valence-electron chi connectivity index (χ1n) is 4.20. The first-order chi connectivity index (χ1) is 5.24. The third kappa shape index (κ3) is 2.15. The van der Waals surface area contributed by atoms with Gasteiger partial charge in [-0.05, 0) is 12.8 Å².